The summed E-state index contributed by atoms with van der Waals surface area (Å²) in [7, 11) is 3.16. The van der Waals surface area contributed by atoms with Crippen LogP contribution >= 0.6 is 0 Å². The molecule has 1 fully saturated rings. The molecule has 128 valence electrons. The minimum atomic E-state index is -0.0160. The Kier molecular flexibility index (Phi) is 6.38. The zero-order valence-electron chi connectivity index (χ0n) is 14.1. The summed E-state index contributed by atoms with van der Waals surface area (Å²) in [4.78, 5) is 14.0. The van der Waals surface area contributed by atoms with Crippen LogP contribution in [0.1, 0.15) is 19.8 Å². The molecule has 1 saturated heterocycles. The fraction of sp³-hybridized carbons (Fsp3) is 0.588. The molecule has 0 radical (unpaired) electrons. The first-order chi connectivity index (χ1) is 11.2. The van der Waals surface area contributed by atoms with Crippen LogP contribution in [0.2, 0.25) is 0 Å². The van der Waals surface area contributed by atoms with Crippen LogP contribution in [0.4, 0.5) is 4.79 Å². The molecule has 1 heterocycles. The summed E-state index contributed by atoms with van der Waals surface area (Å²) in [5.74, 6) is 2.36. The summed E-state index contributed by atoms with van der Waals surface area (Å²) in [6, 6.07) is 5.45. The van der Waals surface area contributed by atoms with Gasteiger partial charge in [0, 0.05) is 13.1 Å². The van der Waals surface area contributed by atoms with Gasteiger partial charge in [-0.1, -0.05) is 13.0 Å². The monoisotopic (exact) mass is 322 g/mol. The number of rotatable bonds is 6. The van der Waals surface area contributed by atoms with Crippen molar-refractivity contribution in [1.82, 2.24) is 10.2 Å². The lowest BCUT2D eigenvalue weighted by molar-refractivity contribution is 0.167. The van der Waals surface area contributed by atoms with Crippen LogP contribution in [0.5, 0.6) is 17.2 Å². The molecule has 0 aliphatic carbocycles. The number of likely N-dealkylation sites (tertiary alicyclic amines) is 1. The number of piperidine rings is 1. The quantitative estimate of drug-likeness (QED) is 0.818. The van der Waals surface area contributed by atoms with Gasteiger partial charge in [0.15, 0.2) is 11.5 Å². The van der Waals surface area contributed by atoms with E-state index in [1.807, 2.05) is 23.1 Å². The van der Waals surface area contributed by atoms with Crippen molar-refractivity contribution in [3.05, 3.63) is 18.2 Å². The minimum Gasteiger partial charge on any atom is -0.493 e. The number of urea groups is 1. The maximum Gasteiger partial charge on any atom is 0.317 e. The number of para-hydroxylation sites is 1. The Morgan fingerprint density at radius 1 is 1.30 bits per heavy atom. The van der Waals surface area contributed by atoms with Gasteiger partial charge in [-0.15, -0.1) is 0 Å². The Hall–Kier alpha value is -2.11. The Labute approximate surface area is 137 Å². The number of carbonyl (C=O) groups excluding carboxylic acids is 1. The lowest BCUT2D eigenvalue weighted by Crippen LogP contribution is -2.45. The van der Waals surface area contributed by atoms with Crippen LogP contribution in [0.25, 0.3) is 0 Å². The van der Waals surface area contributed by atoms with E-state index in [2.05, 4.69) is 12.2 Å². The number of amides is 2. The smallest absolute Gasteiger partial charge is 0.317 e. The van der Waals surface area contributed by atoms with E-state index in [1.54, 1.807) is 14.2 Å². The molecule has 1 aromatic rings. The van der Waals surface area contributed by atoms with Gasteiger partial charge >= 0.3 is 6.03 Å². The lowest BCUT2D eigenvalue weighted by Gasteiger charge is -2.30. The standard InChI is InChI=1S/C17H26N2O4/c1-13-6-5-10-19(12-13)17(20)18-9-11-23-15-8-4-7-14(21-2)16(15)22-3/h4,7-8,13H,5-6,9-12H2,1-3H3,(H,18,20). The highest BCUT2D eigenvalue weighted by Gasteiger charge is 2.20. The molecule has 1 N–H and O–H groups in total. The third kappa shape index (κ3) is 4.68. The van der Waals surface area contributed by atoms with E-state index in [0.29, 0.717) is 36.3 Å². The first-order valence-electron chi connectivity index (χ1n) is 8.02. The van der Waals surface area contributed by atoms with Crippen molar-refractivity contribution in [1.29, 1.82) is 0 Å². The van der Waals surface area contributed by atoms with Crippen LogP contribution in [0.3, 0.4) is 0 Å². The van der Waals surface area contributed by atoms with E-state index in [1.165, 1.54) is 6.42 Å². The average Bonchev–Trinajstić information content (AvgIpc) is 2.58. The molecule has 1 aliphatic rings. The molecule has 6 heteroatoms. The van der Waals surface area contributed by atoms with Gasteiger partial charge in [-0.25, -0.2) is 4.79 Å². The van der Waals surface area contributed by atoms with Gasteiger partial charge in [0.2, 0.25) is 5.75 Å². The fourth-order valence-corrected chi connectivity index (χ4v) is 2.78. The third-order valence-electron chi connectivity index (χ3n) is 3.95. The van der Waals surface area contributed by atoms with Gasteiger partial charge in [0.25, 0.3) is 0 Å². The number of benzene rings is 1. The topological polar surface area (TPSA) is 60.0 Å². The van der Waals surface area contributed by atoms with Crippen molar-refractivity contribution in [2.45, 2.75) is 19.8 Å². The van der Waals surface area contributed by atoms with Crippen molar-refractivity contribution < 1.29 is 19.0 Å². The molecule has 2 amide bonds. The summed E-state index contributed by atoms with van der Waals surface area (Å²) in [5.41, 5.74) is 0. The highest BCUT2D eigenvalue weighted by Crippen LogP contribution is 2.36. The van der Waals surface area contributed by atoms with Crippen LogP contribution in [0, 0.1) is 5.92 Å². The van der Waals surface area contributed by atoms with E-state index in [-0.39, 0.29) is 6.03 Å². The number of nitrogens with one attached hydrogen (secondary N) is 1. The van der Waals surface area contributed by atoms with Crippen LogP contribution in [0.15, 0.2) is 18.2 Å². The molecule has 23 heavy (non-hydrogen) atoms. The highest BCUT2D eigenvalue weighted by molar-refractivity contribution is 5.74. The number of carbonyl (C=O) groups is 1. The van der Waals surface area contributed by atoms with Crippen molar-refractivity contribution in [2.24, 2.45) is 5.92 Å². The number of nitrogens with zero attached hydrogens (tertiary/aromatic N) is 1. The molecule has 6 nitrogen and oxygen atoms in total. The zero-order valence-corrected chi connectivity index (χ0v) is 14.1. The minimum absolute atomic E-state index is 0.0160. The van der Waals surface area contributed by atoms with Crippen molar-refractivity contribution in [2.75, 3.05) is 40.5 Å². The molecule has 1 unspecified atom stereocenters. The number of methoxy groups -OCH3 is 2. The Bertz CT molecular complexity index is 521. The molecular weight excluding hydrogens is 296 g/mol. The summed E-state index contributed by atoms with van der Waals surface area (Å²) >= 11 is 0. The molecular formula is C17H26N2O4. The largest absolute Gasteiger partial charge is 0.493 e. The van der Waals surface area contributed by atoms with Crippen molar-refractivity contribution in [3.8, 4) is 17.2 Å². The molecule has 1 aliphatic heterocycles. The molecule has 1 atom stereocenters. The summed E-state index contributed by atoms with van der Waals surface area (Å²) in [6.45, 7) is 4.66. The summed E-state index contributed by atoms with van der Waals surface area (Å²) in [6.07, 6.45) is 2.27. The van der Waals surface area contributed by atoms with Gasteiger partial charge in [0.1, 0.15) is 6.61 Å². The first-order valence-corrected chi connectivity index (χ1v) is 8.02. The van der Waals surface area contributed by atoms with Gasteiger partial charge in [0.05, 0.1) is 20.8 Å². The average molecular weight is 322 g/mol. The number of hydrogen-bond acceptors (Lipinski definition) is 4. The van der Waals surface area contributed by atoms with Gasteiger partial charge in [-0.05, 0) is 30.9 Å². The molecule has 0 aromatic heterocycles. The Morgan fingerprint density at radius 3 is 2.78 bits per heavy atom. The third-order valence-corrected chi connectivity index (χ3v) is 3.95. The highest BCUT2D eigenvalue weighted by atomic mass is 16.5. The fourth-order valence-electron chi connectivity index (χ4n) is 2.78. The Balaban J connectivity index is 1.78. The predicted molar refractivity (Wildman–Crippen MR) is 88.4 cm³/mol. The summed E-state index contributed by atoms with van der Waals surface area (Å²) < 4.78 is 16.2. The van der Waals surface area contributed by atoms with Crippen LogP contribution < -0.4 is 19.5 Å². The van der Waals surface area contributed by atoms with E-state index >= 15 is 0 Å². The van der Waals surface area contributed by atoms with E-state index < -0.39 is 0 Å². The zero-order chi connectivity index (χ0) is 16.7. The lowest BCUT2D eigenvalue weighted by atomic mass is 10.0. The molecule has 2 rings (SSSR count). The predicted octanol–water partition coefficient (Wildman–Crippen LogP) is 2.52. The number of hydrogen-bond donors (Lipinski definition) is 1. The van der Waals surface area contributed by atoms with Gasteiger partial charge < -0.3 is 24.4 Å². The molecule has 0 bridgehead atoms. The maximum atomic E-state index is 12.1. The molecule has 1 aromatic carbocycles. The van der Waals surface area contributed by atoms with Crippen LogP contribution in [-0.2, 0) is 0 Å². The first kappa shape index (κ1) is 17.2. The van der Waals surface area contributed by atoms with E-state index in [9.17, 15) is 4.79 Å². The Morgan fingerprint density at radius 2 is 2.09 bits per heavy atom. The van der Waals surface area contributed by atoms with Crippen molar-refractivity contribution in [3.63, 3.8) is 0 Å². The number of ether oxygens (including phenoxy) is 3. The SMILES string of the molecule is COc1cccc(OCCNC(=O)N2CCCC(C)C2)c1OC. The van der Waals surface area contributed by atoms with E-state index in [0.717, 1.165) is 19.5 Å². The summed E-state index contributed by atoms with van der Waals surface area (Å²) in [5, 5.41) is 2.90. The normalized spacial score (nSPS) is 17.5. The second-order valence-electron chi connectivity index (χ2n) is 5.77. The molecule has 0 spiro atoms. The van der Waals surface area contributed by atoms with Crippen molar-refractivity contribution >= 4 is 6.03 Å². The second-order valence-corrected chi connectivity index (χ2v) is 5.77. The second kappa shape index (κ2) is 8.50. The van der Waals surface area contributed by atoms with E-state index in [4.69, 9.17) is 14.2 Å². The molecule has 0 saturated carbocycles. The maximum absolute atomic E-state index is 12.1. The van der Waals surface area contributed by atoms with Crippen LogP contribution in [-0.4, -0.2) is 51.4 Å². The van der Waals surface area contributed by atoms with Gasteiger partial charge in [-0.2, -0.15) is 0 Å². The van der Waals surface area contributed by atoms with Gasteiger partial charge in [-0.3, -0.25) is 0 Å².